The van der Waals surface area contributed by atoms with Crippen molar-refractivity contribution in [1.82, 2.24) is 20.6 Å². The SMILES string of the molecule is CC(C)S(=O)(=O)C(=N)/C(=C\NC1CC1)Nc1nc(Nc2cc(Cl)c(C3CCNCC3)cc2OC2CC2)ncc1Cl. The molecule has 2 saturated carbocycles. The minimum Gasteiger partial charge on any atom is -0.488 e. The summed E-state index contributed by atoms with van der Waals surface area (Å²) in [6.07, 6.45) is 9.10. The highest BCUT2D eigenvalue weighted by molar-refractivity contribution is 8.07. The van der Waals surface area contributed by atoms with Crippen LogP contribution in [0.5, 0.6) is 5.75 Å². The predicted molar refractivity (Wildman–Crippen MR) is 160 cm³/mol. The quantitative estimate of drug-likeness (QED) is 0.169. The molecule has 1 saturated heterocycles. The number of aromatic nitrogens is 2. The van der Waals surface area contributed by atoms with Crippen molar-refractivity contribution in [3.63, 3.8) is 0 Å². The van der Waals surface area contributed by atoms with Crippen LogP contribution in [0.1, 0.15) is 63.9 Å². The Kier molecular flexibility index (Phi) is 8.75. The zero-order chi connectivity index (χ0) is 28.4. The molecule has 1 aromatic heterocycles. The molecular formula is C27H35Cl2N7O3S. The highest BCUT2D eigenvalue weighted by atomic mass is 35.5. The molecule has 2 aliphatic carbocycles. The summed E-state index contributed by atoms with van der Waals surface area (Å²) in [4.78, 5) is 8.82. The summed E-state index contributed by atoms with van der Waals surface area (Å²) in [6, 6.07) is 4.13. The van der Waals surface area contributed by atoms with Crippen molar-refractivity contribution < 1.29 is 13.2 Å². The molecule has 0 unspecified atom stereocenters. The number of hydrogen-bond donors (Lipinski definition) is 5. The van der Waals surface area contributed by atoms with E-state index in [9.17, 15) is 8.42 Å². The van der Waals surface area contributed by atoms with E-state index in [0.717, 1.165) is 57.2 Å². The van der Waals surface area contributed by atoms with E-state index in [1.54, 1.807) is 13.8 Å². The summed E-state index contributed by atoms with van der Waals surface area (Å²) in [7, 11) is -3.85. The smallest absolute Gasteiger partial charge is 0.229 e. The van der Waals surface area contributed by atoms with Crippen molar-refractivity contribution >= 4 is 55.5 Å². The molecule has 0 atom stereocenters. The number of benzene rings is 1. The number of rotatable bonds is 11. The Morgan fingerprint density at radius 2 is 1.85 bits per heavy atom. The van der Waals surface area contributed by atoms with Crippen LogP contribution in [-0.2, 0) is 9.84 Å². The minimum absolute atomic E-state index is 0.0549. The topological polar surface area (TPSA) is 141 Å². The summed E-state index contributed by atoms with van der Waals surface area (Å²) >= 11 is 13.2. The van der Waals surface area contributed by atoms with Crippen LogP contribution in [0.4, 0.5) is 17.5 Å². The standard InChI is InChI=1S/C27H35Cl2N7O3S/c1-15(2)40(37,38)25(30)23(14-32-17-3-4-17)34-26-21(29)13-33-27(36-26)35-22-12-20(28)19(16-7-9-31-10-8-16)11-24(22)39-18-5-6-18/h11-18,30-32H,3-10H2,1-2H3,(H2,33,34,35,36)/b23-14+,30-25?. The van der Waals surface area contributed by atoms with Crippen LogP contribution in [0.15, 0.2) is 30.2 Å². The molecule has 0 bridgehead atoms. The molecule has 2 aromatic rings. The maximum absolute atomic E-state index is 12.8. The molecule has 1 aromatic carbocycles. The van der Waals surface area contributed by atoms with Crippen molar-refractivity contribution in [1.29, 1.82) is 5.41 Å². The molecule has 0 amide bonds. The zero-order valence-corrected chi connectivity index (χ0v) is 24.9. The second kappa shape index (κ2) is 12.1. The van der Waals surface area contributed by atoms with Gasteiger partial charge < -0.3 is 26.0 Å². The summed E-state index contributed by atoms with van der Waals surface area (Å²) in [5, 5.41) is 20.6. The number of piperidine rings is 1. The maximum atomic E-state index is 12.8. The van der Waals surface area contributed by atoms with Gasteiger partial charge in [-0.1, -0.05) is 23.2 Å². The van der Waals surface area contributed by atoms with Gasteiger partial charge in [0.2, 0.25) is 5.95 Å². The molecule has 1 aliphatic heterocycles. The first-order chi connectivity index (χ1) is 19.1. The van der Waals surface area contributed by atoms with E-state index >= 15 is 0 Å². The number of hydrogen-bond acceptors (Lipinski definition) is 10. The van der Waals surface area contributed by atoms with E-state index in [1.807, 2.05) is 12.1 Å². The third-order valence-electron chi connectivity index (χ3n) is 7.13. The lowest BCUT2D eigenvalue weighted by Crippen LogP contribution is -2.29. The van der Waals surface area contributed by atoms with Crippen molar-refractivity contribution in [2.45, 2.75) is 75.7 Å². The minimum atomic E-state index is -3.85. The van der Waals surface area contributed by atoms with Crippen molar-refractivity contribution in [2.75, 3.05) is 23.7 Å². The second-order valence-electron chi connectivity index (χ2n) is 10.8. The van der Waals surface area contributed by atoms with Gasteiger partial charge in [0, 0.05) is 17.3 Å². The normalized spacial score (nSPS) is 18.5. The molecule has 5 rings (SSSR count). The van der Waals surface area contributed by atoms with Gasteiger partial charge in [0.25, 0.3) is 0 Å². The third kappa shape index (κ3) is 6.99. The van der Waals surface area contributed by atoms with Crippen LogP contribution in [0.3, 0.4) is 0 Å². The van der Waals surface area contributed by atoms with Gasteiger partial charge in [-0.15, -0.1) is 0 Å². The van der Waals surface area contributed by atoms with Gasteiger partial charge in [-0.25, -0.2) is 13.4 Å². The number of halogens is 2. The van der Waals surface area contributed by atoms with Gasteiger partial charge in [-0.05, 0) is 89.1 Å². The van der Waals surface area contributed by atoms with E-state index in [2.05, 4.69) is 31.2 Å². The highest BCUT2D eigenvalue weighted by Crippen LogP contribution is 2.41. The fourth-order valence-corrected chi connectivity index (χ4v) is 5.68. The van der Waals surface area contributed by atoms with Crippen LogP contribution in [-0.4, -0.2) is 53.9 Å². The fraction of sp³-hybridized carbons (Fsp3) is 0.519. The highest BCUT2D eigenvalue weighted by Gasteiger charge is 2.29. The summed E-state index contributed by atoms with van der Waals surface area (Å²) in [6.45, 7) is 4.99. The molecule has 40 heavy (non-hydrogen) atoms. The van der Waals surface area contributed by atoms with E-state index in [-0.39, 0.29) is 34.6 Å². The predicted octanol–water partition coefficient (Wildman–Crippen LogP) is 5.34. The van der Waals surface area contributed by atoms with Crippen LogP contribution in [0.25, 0.3) is 0 Å². The largest absolute Gasteiger partial charge is 0.488 e. The van der Waals surface area contributed by atoms with E-state index in [1.165, 1.54) is 12.4 Å². The number of sulfone groups is 1. The number of ether oxygens (including phenoxy) is 1. The molecule has 5 N–H and O–H groups in total. The first-order valence-electron chi connectivity index (χ1n) is 13.7. The Hall–Kier alpha value is -2.60. The van der Waals surface area contributed by atoms with Crippen molar-refractivity contribution in [3.05, 3.63) is 45.8 Å². The third-order valence-corrected chi connectivity index (χ3v) is 9.76. The summed E-state index contributed by atoms with van der Waals surface area (Å²) < 4.78 is 31.8. The lowest BCUT2D eigenvalue weighted by Gasteiger charge is -2.25. The van der Waals surface area contributed by atoms with E-state index < -0.39 is 20.1 Å². The van der Waals surface area contributed by atoms with Gasteiger partial charge in [-0.3, -0.25) is 5.41 Å². The maximum Gasteiger partial charge on any atom is 0.229 e. The zero-order valence-electron chi connectivity index (χ0n) is 22.6. The fourth-order valence-electron chi connectivity index (χ4n) is 4.34. The Morgan fingerprint density at radius 1 is 1.12 bits per heavy atom. The molecule has 2 heterocycles. The molecule has 0 spiro atoms. The van der Waals surface area contributed by atoms with Gasteiger partial charge in [0.05, 0.1) is 28.9 Å². The summed E-state index contributed by atoms with van der Waals surface area (Å²) in [5.41, 5.74) is 1.76. The van der Waals surface area contributed by atoms with Crippen LogP contribution in [0.2, 0.25) is 10.0 Å². The van der Waals surface area contributed by atoms with Crippen molar-refractivity contribution in [2.24, 2.45) is 0 Å². The second-order valence-corrected chi connectivity index (χ2v) is 14.0. The number of nitrogens with one attached hydrogen (secondary N) is 5. The van der Waals surface area contributed by atoms with Crippen LogP contribution < -0.4 is 26.0 Å². The van der Waals surface area contributed by atoms with Crippen LogP contribution >= 0.6 is 23.2 Å². The van der Waals surface area contributed by atoms with E-state index in [0.29, 0.717) is 22.4 Å². The molecular weight excluding hydrogens is 573 g/mol. The molecule has 10 nitrogen and oxygen atoms in total. The molecule has 3 aliphatic rings. The van der Waals surface area contributed by atoms with Crippen molar-refractivity contribution in [3.8, 4) is 5.75 Å². The van der Waals surface area contributed by atoms with Gasteiger partial charge in [0.1, 0.15) is 10.8 Å². The molecule has 13 heteroatoms. The van der Waals surface area contributed by atoms with Crippen LogP contribution in [0, 0.1) is 5.41 Å². The lowest BCUT2D eigenvalue weighted by atomic mass is 9.90. The Morgan fingerprint density at radius 3 is 2.50 bits per heavy atom. The number of anilines is 3. The molecule has 3 fully saturated rings. The first kappa shape index (κ1) is 28.9. The first-order valence-corrected chi connectivity index (χ1v) is 16.0. The summed E-state index contributed by atoms with van der Waals surface area (Å²) in [5.74, 6) is 1.42. The van der Waals surface area contributed by atoms with Gasteiger partial charge in [0.15, 0.2) is 20.7 Å². The molecule has 0 radical (unpaired) electrons. The monoisotopic (exact) mass is 607 g/mol. The van der Waals surface area contributed by atoms with E-state index in [4.69, 9.17) is 33.3 Å². The average molecular weight is 609 g/mol. The average Bonchev–Trinajstić information content (AvgIpc) is 3.86. The van der Waals surface area contributed by atoms with Gasteiger partial charge >= 0.3 is 0 Å². The Bertz CT molecular complexity index is 1400. The molecule has 216 valence electrons. The van der Waals surface area contributed by atoms with Gasteiger partial charge in [-0.2, -0.15) is 4.98 Å². The number of nitrogens with zero attached hydrogens (tertiary/aromatic N) is 2. The lowest BCUT2D eigenvalue weighted by molar-refractivity contribution is 0.304. The Labute approximate surface area is 245 Å². The Balaban J connectivity index is 1.42.